The number of Topliss-reactive ketones (excluding diaryl/α,β-unsaturated/α-hetero) is 1. The molecule has 4 aromatic carbocycles. The van der Waals surface area contributed by atoms with Crippen molar-refractivity contribution in [2.24, 2.45) is 0 Å². The number of benzene rings is 4. The molecular weight excluding hydrogens is 476 g/mol. The molecule has 0 saturated carbocycles. The van der Waals surface area contributed by atoms with Gasteiger partial charge in [-0.15, -0.1) is 5.10 Å². The third-order valence-corrected chi connectivity index (χ3v) is 6.40. The molecule has 190 valence electrons. The second-order valence-electron chi connectivity index (χ2n) is 8.93. The molecule has 0 atom stereocenters. The zero-order valence-corrected chi connectivity index (χ0v) is 21.3. The molecule has 0 aliphatic rings. The molecule has 8 nitrogen and oxygen atoms in total. The normalized spacial score (nSPS) is 10.8. The van der Waals surface area contributed by atoms with Crippen molar-refractivity contribution in [3.05, 3.63) is 108 Å². The molecule has 5 rings (SSSR count). The summed E-state index contributed by atoms with van der Waals surface area (Å²) in [4.78, 5) is 12.0. The molecule has 1 aromatic heterocycles. The van der Waals surface area contributed by atoms with Crippen molar-refractivity contribution in [1.29, 1.82) is 0 Å². The second-order valence-corrected chi connectivity index (χ2v) is 8.93. The van der Waals surface area contributed by atoms with Gasteiger partial charge in [0.15, 0.2) is 11.6 Å². The fourth-order valence-electron chi connectivity index (χ4n) is 4.39. The summed E-state index contributed by atoms with van der Waals surface area (Å²) in [5.41, 5.74) is 13.1. The first kappa shape index (κ1) is 24.7. The van der Waals surface area contributed by atoms with Gasteiger partial charge in [-0.2, -0.15) is 0 Å². The average molecular weight is 505 g/mol. The fourth-order valence-corrected chi connectivity index (χ4v) is 4.39. The lowest BCUT2D eigenvalue weighted by Crippen LogP contribution is -2.07. The van der Waals surface area contributed by atoms with Crippen LogP contribution in [-0.4, -0.2) is 33.1 Å². The van der Waals surface area contributed by atoms with Crippen LogP contribution >= 0.6 is 0 Å². The summed E-state index contributed by atoms with van der Waals surface area (Å²) in [5.74, 6) is 1.47. The maximum Gasteiger partial charge on any atom is 0.182 e. The minimum Gasteiger partial charge on any atom is -0.497 e. The Morgan fingerprint density at radius 1 is 0.895 bits per heavy atom. The van der Waals surface area contributed by atoms with E-state index in [0.717, 1.165) is 33.6 Å². The third kappa shape index (κ3) is 5.24. The predicted octanol–water partition coefficient (Wildman–Crippen LogP) is 5.46. The number of ether oxygens (including phenoxy) is 1. The molecule has 38 heavy (non-hydrogen) atoms. The lowest BCUT2D eigenvalue weighted by atomic mass is 9.98. The van der Waals surface area contributed by atoms with Gasteiger partial charge >= 0.3 is 0 Å². The number of hydrogen-bond donors (Lipinski definition) is 2. The molecule has 3 N–H and O–H groups in total. The van der Waals surface area contributed by atoms with Crippen LogP contribution in [0.25, 0.3) is 22.5 Å². The van der Waals surface area contributed by atoms with Gasteiger partial charge < -0.3 is 15.8 Å². The average Bonchev–Trinajstić information content (AvgIpc) is 3.41. The van der Waals surface area contributed by atoms with E-state index in [1.807, 2.05) is 42.5 Å². The van der Waals surface area contributed by atoms with Crippen molar-refractivity contribution < 1.29 is 9.53 Å². The minimum atomic E-state index is -0.0268. The molecule has 0 aliphatic heterocycles. The summed E-state index contributed by atoms with van der Waals surface area (Å²) in [5, 5.41) is 15.9. The summed E-state index contributed by atoms with van der Waals surface area (Å²) >= 11 is 0. The second kappa shape index (κ2) is 11.0. The highest BCUT2D eigenvalue weighted by molar-refractivity contribution is 6.02. The zero-order chi connectivity index (χ0) is 26.5. The number of methoxy groups -OCH3 is 1. The minimum absolute atomic E-state index is 0.0268. The molecule has 0 amide bonds. The quantitative estimate of drug-likeness (QED) is 0.203. The van der Waals surface area contributed by atoms with Crippen molar-refractivity contribution >= 4 is 17.2 Å². The Balaban J connectivity index is 1.37. The van der Waals surface area contributed by atoms with Gasteiger partial charge in [-0.05, 0) is 63.9 Å². The van der Waals surface area contributed by atoms with Crippen LogP contribution in [0.15, 0.2) is 91.0 Å². The highest BCUT2D eigenvalue weighted by Gasteiger charge is 2.15. The lowest BCUT2D eigenvalue weighted by molar-refractivity contribution is 0.101. The highest BCUT2D eigenvalue weighted by Crippen LogP contribution is 2.31. The van der Waals surface area contributed by atoms with Crippen molar-refractivity contribution in [1.82, 2.24) is 20.2 Å². The van der Waals surface area contributed by atoms with E-state index in [4.69, 9.17) is 10.5 Å². The van der Waals surface area contributed by atoms with Crippen LogP contribution in [0.3, 0.4) is 0 Å². The maximum atomic E-state index is 12.0. The predicted molar refractivity (Wildman–Crippen MR) is 149 cm³/mol. The Labute approximate surface area is 221 Å². The molecule has 0 radical (unpaired) electrons. The summed E-state index contributed by atoms with van der Waals surface area (Å²) in [7, 11) is 1.65. The van der Waals surface area contributed by atoms with E-state index in [0.29, 0.717) is 35.9 Å². The van der Waals surface area contributed by atoms with E-state index in [-0.39, 0.29) is 5.78 Å². The van der Waals surface area contributed by atoms with Crippen LogP contribution in [0.2, 0.25) is 0 Å². The summed E-state index contributed by atoms with van der Waals surface area (Å²) < 4.78 is 7.06. The van der Waals surface area contributed by atoms with Crippen molar-refractivity contribution in [3.63, 3.8) is 0 Å². The number of rotatable bonds is 9. The van der Waals surface area contributed by atoms with Gasteiger partial charge in [-0.3, -0.25) is 4.79 Å². The molecule has 0 aliphatic carbocycles. The third-order valence-electron chi connectivity index (χ3n) is 6.40. The number of hydrogen-bond acceptors (Lipinski definition) is 7. The Morgan fingerprint density at radius 3 is 2.32 bits per heavy atom. The van der Waals surface area contributed by atoms with Gasteiger partial charge in [0.1, 0.15) is 5.75 Å². The highest BCUT2D eigenvalue weighted by atomic mass is 16.5. The molecule has 0 bridgehead atoms. The van der Waals surface area contributed by atoms with Crippen LogP contribution in [0.5, 0.6) is 5.75 Å². The number of nitrogens with one attached hydrogen (secondary N) is 1. The number of para-hydroxylation sites is 1. The van der Waals surface area contributed by atoms with Crippen molar-refractivity contribution in [2.75, 3.05) is 18.2 Å². The van der Waals surface area contributed by atoms with E-state index in [1.54, 1.807) is 36.9 Å². The van der Waals surface area contributed by atoms with Gasteiger partial charge in [-0.1, -0.05) is 66.7 Å². The smallest absolute Gasteiger partial charge is 0.182 e. The molecule has 0 unspecified atom stereocenters. The first-order valence-corrected chi connectivity index (χ1v) is 12.2. The first-order valence-electron chi connectivity index (χ1n) is 12.2. The molecule has 0 saturated heterocycles. The Morgan fingerprint density at radius 2 is 1.61 bits per heavy atom. The summed E-state index contributed by atoms with van der Waals surface area (Å²) in [6, 6.07) is 29.6. The lowest BCUT2D eigenvalue weighted by Gasteiger charge is -2.14. The molecule has 1 heterocycles. The SMILES string of the molecule is COc1ccc(Cn2nnnc2-c2ccccc2-c2ccc(CNc3c(N)cccc3C(C)=O)cc2)cc1. The standard InChI is InChI=1S/C30H28N6O2/c1-20(37)25-8-5-9-28(31)29(25)32-18-21-10-14-23(15-11-21)26-6-3-4-7-27(26)30-33-34-35-36(30)19-22-12-16-24(38-2)17-13-22/h3-17,32H,18-19,31H2,1-2H3. The monoisotopic (exact) mass is 504 g/mol. The number of anilines is 2. The molecular formula is C30H28N6O2. The van der Waals surface area contributed by atoms with Gasteiger partial charge in [0.05, 0.1) is 25.0 Å². The Kier molecular flexibility index (Phi) is 7.13. The van der Waals surface area contributed by atoms with Crippen LogP contribution < -0.4 is 15.8 Å². The molecule has 0 fully saturated rings. The number of nitrogens with zero attached hydrogens (tertiary/aromatic N) is 4. The number of carbonyl (C=O) groups is 1. The number of nitrogen functional groups attached to an aromatic ring is 1. The van der Waals surface area contributed by atoms with Crippen LogP contribution in [0.4, 0.5) is 11.4 Å². The van der Waals surface area contributed by atoms with E-state index in [1.165, 1.54) is 0 Å². The van der Waals surface area contributed by atoms with Crippen LogP contribution in [0, 0.1) is 0 Å². The Bertz CT molecular complexity index is 1560. The fraction of sp³-hybridized carbons (Fsp3) is 0.133. The number of aromatic nitrogens is 4. The van der Waals surface area contributed by atoms with E-state index < -0.39 is 0 Å². The number of ketones is 1. The van der Waals surface area contributed by atoms with Gasteiger partial charge in [0.25, 0.3) is 0 Å². The van der Waals surface area contributed by atoms with Gasteiger partial charge in [0.2, 0.25) is 0 Å². The molecule has 8 heteroatoms. The van der Waals surface area contributed by atoms with Crippen molar-refractivity contribution in [2.45, 2.75) is 20.0 Å². The topological polar surface area (TPSA) is 108 Å². The number of carbonyl (C=O) groups excluding carboxylic acids is 1. The van der Waals surface area contributed by atoms with Gasteiger partial charge in [-0.25, -0.2) is 4.68 Å². The molecule has 0 spiro atoms. The Hall–Kier alpha value is -4.98. The first-order chi connectivity index (χ1) is 18.5. The summed E-state index contributed by atoms with van der Waals surface area (Å²) in [6.07, 6.45) is 0. The van der Waals surface area contributed by atoms with Gasteiger partial charge in [0, 0.05) is 17.7 Å². The van der Waals surface area contributed by atoms with E-state index in [9.17, 15) is 4.79 Å². The van der Waals surface area contributed by atoms with Crippen LogP contribution in [-0.2, 0) is 13.1 Å². The molecule has 5 aromatic rings. The van der Waals surface area contributed by atoms with Crippen molar-refractivity contribution in [3.8, 4) is 28.3 Å². The van der Waals surface area contributed by atoms with E-state index >= 15 is 0 Å². The summed E-state index contributed by atoms with van der Waals surface area (Å²) in [6.45, 7) is 2.62. The van der Waals surface area contributed by atoms with Crippen LogP contribution in [0.1, 0.15) is 28.4 Å². The maximum absolute atomic E-state index is 12.0. The zero-order valence-electron chi connectivity index (χ0n) is 21.3. The largest absolute Gasteiger partial charge is 0.497 e. The number of nitrogens with two attached hydrogens (primary N) is 1. The van der Waals surface area contributed by atoms with E-state index in [2.05, 4.69) is 51.2 Å². The number of tetrazole rings is 1.